The van der Waals surface area contributed by atoms with E-state index in [0.29, 0.717) is 11.8 Å². The van der Waals surface area contributed by atoms with Crippen LogP contribution in [0.25, 0.3) is 11.0 Å². The molecule has 0 spiro atoms. The standard InChI is InChI=1S/C16H16O6/c1-4-5-11-6-15(19)22-14-8-12(20-9(2)17)7-13(16(11)14)21-10(3)18/h6-8H,4-5H2,1-3H3. The number of fused-ring (bicyclic) bond motifs is 1. The minimum absolute atomic E-state index is 0.146. The molecule has 0 aliphatic heterocycles. The molecule has 22 heavy (non-hydrogen) atoms. The predicted octanol–water partition coefficient (Wildman–Crippen LogP) is 2.60. The van der Waals surface area contributed by atoms with Crippen LogP contribution in [0.1, 0.15) is 32.8 Å². The number of carbonyl (C=O) groups is 2. The monoisotopic (exact) mass is 304 g/mol. The summed E-state index contributed by atoms with van der Waals surface area (Å²) in [5.74, 6) is -0.698. The molecule has 0 unspecified atom stereocenters. The van der Waals surface area contributed by atoms with E-state index in [0.717, 1.165) is 12.0 Å². The van der Waals surface area contributed by atoms with Gasteiger partial charge in [-0.1, -0.05) is 13.3 Å². The van der Waals surface area contributed by atoms with E-state index in [-0.39, 0.29) is 17.1 Å². The fourth-order valence-corrected chi connectivity index (χ4v) is 2.24. The number of hydrogen-bond acceptors (Lipinski definition) is 6. The third-order valence-corrected chi connectivity index (χ3v) is 2.90. The number of benzene rings is 1. The molecule has 6 heteroatoms. The molecule has 0 bridgehead atoms. The molecule has 0 atom stereocenters. The van der Waals surface area contributed by atoms with Crippen molar-refractivity contribution in [3.05, 3.63) is 34.2 Å². The molecule has 1 aromatic carbocycles. The van der Waals surface area contributed by atoms with E-state index in [4.69, 9.17) is 13.9 Å². The number of carbonyl (C=O) groups excluding carboxylic acids is 2. The summed E-state index contributed by atoms with van der Waals surface area (Å²) in [4.78, 5) is 34.1. The maximum atomic E-state index is 11.7. The first-order chi connectivity index (χ1) is 10.4. The first kappa shape index (κ1) is 15.8. The van der Waals surface area contributed by atoms with Crippen molar-refractivity contribution in [3.8, 4) is 11.5 Å². The maximum absolute atomic E-state index is 11.7. The molecule has 0 radical (unpaired) electrons. The van der Waals surface area contributed by atoms with Crippen LogP contribution in [0.4, 0.5) is 0 Å². The Morgan fingerprint density at radius 1 is 1.09 bits per heavy atom. The highest BCUT2D eigenvalue weighted by Gasteiger charge is 2.16. The summed E-state index contributed by atoms with van der Waals surface area (Å²) in [5.41, 5.74) is 0.426. The van der Waals surface area contributed by atoms with Crippen molar-refractivity contribution >= 4 is 22.9 Å². The fourth-order valence-electron chi connectivity index (χ4n) is 2.24. The van der Waals surface area contributed by atoms with Crippen LogP contribution in [0, 0.1) is 0 Å². The Labute approximate surface area is 126 Å². The molecule has 0 aliphatic carbocycles. The molecule has 2 aromatic rings. The molecular weight excluding hydrogens is 288 g/mol. The number of ether oxygens (including phenoxy) is 2. The molecule has 1 aromatic heterocycles. The summed E-state index contributed by atoms with van der Waals surface area (Å²) in [5, 5.41) is 0.535. The molecule has 0 N–H and O–H groups in total. The van der Waals surface area contributed by atoms with Crippen molar-refractivity contribution < 1.29 is 23.5 Å². The second-order valence-corrected chi connectivity index (χ2v) is 4.82. The molecule has 0 amide bonds. The molecule has 1 heterocycles. The summed E-state index contributed by atoms with van der Waals surface area (Å²) in [6.07, 6.45) is 1.44. The molecule has 2 rings (SSSR count). The molecule has 116 valence electrons. The molecule has 0 saturated carbocycles. The summed E-state index contributed by atoms with van der Waals surface area (Å²) in [6, 6.07) is 4.25. The second kappa shape index (κ2) is 6.43. The smallest absolute Gasteiger partial charge is 0.336 e. The first-order valence-corrected chi connectivity index (χ1v) is 6.88. The highest BCUT2D eigenvalue weighted by Crippen LogP contribution is 2.33. The van der Waals surface area contributed by atoms with Gasteiger partial charge in [0.05, 0.1) is 5.39 Å². The van der Waals surface area contributed by atoms with E-state index < -0.39 is 17.6 Å². The lowest BCUT2D eigenvalue weighted by Crippen LogP contribution is -2.07. The van der Waals surface area contributed by atoms with Gasteiger partial charge < -0.3 is 13.9 Å². The third kappa shape index (κ3) is 3.52. The fraction of sp³-hybridized carbons (Fsp3) is 0.312. The van der Waals surface area contributed by atoms with Gasteiger partial charge in [-0.25, -0.2) is 4.79 Å². The Balaban J connectivity index is 2.74. The summed E-state index contributed by atoms with van der Waals surface area (Å²) in [7, 11) is 0. The normalized spacial score (nSPS) is 10.5. The molecule has 0 fully saturated rings. The van der Waals surface area contributed by atoms with Crippen LogP contribution in [0.2, 0.25) is 0 Å². The van der Waals surface area contributed by atoms with Crippen LogP contribution in [0.15, 0.2) is 27.4 Å². The minimum Gasteiger partial charge on any atom is -0.426 e. The topological polar surface area (TPSA) is 82.8 Å². The van der Waals surface area contributed by atoms with E-state index in [9.17, 15) is 14.4 Å². The maximum Gasteiger partial charge on any atom is 0.336 e. The number of rotatable bonds is 4. The average molecular weight is 304 g/mol. The van der Waals surface area contributed by atoms with Crippen LogP contribution in [0.3, 0.4) is 0 Å². The Hall–Kier alpha value is -2.63. The van der Waals surface area contributed by atoms with Gasteiger partial charge in [0, 0.05) is 32.0 Å². The summed E-state index contributed by atoms with van der Waals surface area (Å²) >= 11 is 0. The van der Waals surface area contributed by atoms with Crippen LogP contribution >= 0.6 is 0 Å². The van der Waals surface area contributed by atoms with E-state index in [1.807, 2.05) is 6.92 Å². The van der Waals surface area contributed by atoms with Gasteiger partial charge in [0.2, 0.25) is 0 Å². The van der Waals surface area contributed by atoms with Crippen molar-refractivity contribution in [1.82, 2.24) is 0 Å². The van der Waals surface area contributed by atoms with E-state index in [2.05, 4.69) is 0 Å². The number of aryl methyl sites for hydroxylation is 1. The van der Waals surface area contributed by atoms with Crippen LogP contribution < -0.4 is 15.1 Å². The van der Waals surface area contributed by atoms with E-state index in [1.165, 1.54) is 32.0 Å². The van der Waals surface area contributed by atoms with Crippen molar-refractivity contribution in [1.29, 1.82) is 0 Å². The highest BCUT2D eigenvalue weighted by atomic mass is 16.5. The molecule has 0 aliphatic rings. The number of hydrogen-bond donors (Lipinski definition) is 0. The SMILES string of the molecule is CCCc1cc(=O)oc2cc(OC(C)=O)cc(OC(C)=O)c12. The van der Waals surface area contributed by atoms with Gasteiger partial charge in [-0.2, -0.15) is 0 Å². The first-order valence-electron chi connectivity index (χ1n) is 6.88. The Morgan fingerprint density at radius 2 is 1.77 bits per heavy atom. The van der Waals surface area contributed by atoms with Gasteiger partial charge in [-0.15, -0.1) is 0 Å². The van der Waals surface area contributed by atoms with Gasteiger partial charge >= 0.3 is 17.6 Å². The lowest BCUT2D eigenvalue weighted by Gasteiger charge is -2.11. The summed E-state index contributed by atoms with van der Waals surface area (Å²) in [6.45, 7) is 4.49. The predicted molar refractivity (Wildman–Crippen MR) is 79.1 cm³/mol. The van der Waals surface area contributed by atoms with E-state index in [1.54, 1.807) is 0 Å². The van der Waals surface area contributed by atoms with Crippen molar-refractivity contribution in [3.63, 3.8) is 0 Å². The van der Waals surface area contributed by atoms with Gasteiger partial charge in [-0.3, -0.25) is 9.59 Å². The molecular formula is C16H16O6. The van der Waals surface area contributed by atoms with Crippen LogP contribution in [0.5, 0.6) is 11.5 Å². The summed E-state index contributed by atoms with van der Waals surface area (Å²) < 4.78 is 15.3. The number of esters is 2. The third-order valence-electron chi connectivity index (χ3n) is 2.90. The largest absolute Gasteiger partial charge is 0.426 e. The van der Waals surface area contributed by atoms with Crippen molar-refractivity contribution in [2.45, 2.75) is 33.6 Å². The zero-order chi connectivity index (χ0) is 16.3. The van der Waals surface area contributed by atoms with E-state index >= 15 is 0 Å². The molecule has 0 saturated heterocycles. The zero-order valence-electron chi connectivity index (χ0n) is 12.6. The Bertz CT molecular complexity index is 787. The van der Waals surface area contributed by atoms with Gasteiger partial charge in [-0.05, 0) is 12.0 Å². The van der Waals surface area contributed by atoms with Gasteiger partial charge in [0.25, 0.3) is 0 Å². The lowest BCUT2D eigenvalue weighted by atomic mass is 10.0. The second-order valence-electron chi connectivity index (χ2n) is 4.82. The van der Waals surface area contributed by atoms with Crippen molar-refractivity contribution in [2.24, 2.45) is 0 Å². The van der Waals surface area contributed by atoms with Gasteiger partial charge in [0.15, 0.2) is 0 Å². The van der Waals surface area contributed by atoms with Gasteiger partial charge in [0.1, 0.15) is 17.1 Å². The highest BCUT2D eigenvalue weighted by molar-refractivity contribution is 5.91. The minimum atomic E-state index is -0.528. The van der Waals surface area contributed by atoms with Crippen LogP contribution in [-0.2, 0) is 16.0 Å². The molecule has 6 nitrogen and oxygen atoms in total. The Kier molecular flexibility index (Phi) is 4.60. The zero-order valence-corrected chi connectivity index (χ0v) is 12.6. The Morgan fingerprint density at radius 3 is 2.36 bits per heavy atom. The average Bonchev–Trinajstić information content (AvgIpc) is 2.36. The van der Waals surface area contributed by atoms with Crippen molar-refractivity contribution in [2.75, 3.05) is 0 Å². The lowest BCUT2D eigenvalue weighted by molar-refractivity contribution is -0.132. The van der Waals surface area contributed by atoms with Crippen LogP contribution in [-0.4, -0.2) is 11.9 Å². The quantitative estimate of drug-likeness (QED) is 0.490.